The highest BCUT2D eigenvalue weighted by molar-refractivity contribution is 5.39. The third-order valence-electron chi connectivity index (χ3n) is 3.84. The maximum atomic E-state index is 9.88. The predicted molar refractivity (Wildman–Crippen MR) is 72.9 cm³/mol. The van der Waals surface area contributed by atoms with E-state index in [-0.39, 0.29) is 0 Å². The molecular weight excluding hydrogens is 226 g/mol. The van der Waals surface area contributed by atoms with Crippen LogP contribution >= 0.6 is 0 Å². The van der Waals surface area contributed by atoms with Gasteiger partial charge >= 0.3 is 0 Å². The van der Waals surface area contributed by atoms with Gasteiger partial charge in [-0.25, -0.2) is 0 Å². The molecule has 3 nitrogen and oxygen atoms in total. The summed E-state index contributed by atoms with van der Waals surface area (Å²) in [6.45, 7) is 5.36. The zero-order valence-corrected chi connectivity index (χ0v) is 11.5. The summed E-state index contributed by atoms with van der Waals surface area (Å²) < 4.78 is 5.07. The highest BCUT2D eigenvalue weighted by Crippen LogP contribution is 2.37. The Bertz CT molecular complexity index is 415. The fourth-order valence-corrected chi connectivity index (χ4v) is 2.68. The van der Waals surface area contributed by atoms with Gasteiger partial charge < -0.3 is 15.2 Å². The van der Waals surface area contributed by atoms with Gasteiger partial charge in [-0.15, -0.1) is 0 Å². The Morgan fingerprint density at radius 1 is 1.44 bits per heavy atom. The molecule has 1 aromatic rings. The van der Waals surface area contributed by atoms with Crippen LogP contribution in [0.25, 0.3) is 0 Å². The Morgan fingerprint density at radius 2 is 2.22 bits per heavy atom. The zero-order valence-electron chi connectivity index (χ0n) is 11.5. The third kappa shape index (κ3) is 3.16. The minimum atomic E-state index is 0.305. The minimum absolute atomic E-state index is 0.305. The fraction of sp³-hybridized carbons (Fsp3) is 0.600. The molecule has 1 aliphatic rings. The fourth-order valence-electron chi connectivity index (χ4n) is 2.68. The second kappa shape index (κ2) is 5.19. The van der Waals surface area contributed by atoms with Gasteiger partial charge in [0.05, 0.1) is 7.11 Å². The standard InChI is InChI=1S/C15H23NO2/c1-15(2)7-6-12(9-15)16-10-11-4-5-13(18-3)8-14(11)17/h4-5,8,12,16-17H,6-7,9-10H2,1-3H3. The number of phenols is 1. The van der Waals surface area contributed by atoms with Crippen LogP contribution in [0.5, 0.6) is 11.5 Å². The molecule has 2 rings (SSSR count). The van der Waals surface area contributed by atoms with Crippen LogP contribution in [0.3, 0.4) is 0 Å². The molecule has 0 aliphatic heterocycles. The lowest BCUT2D eigenvalue weighted by Crippen LogP contribution is -2.26. The van der Waals surface area contributed by atoms with Crippen molar-refractivity contribution < 1.29 is 9.84 Å². The third-order valence-corrected chi connectivity index (χ3v) is 3.84. The van der Waals surface area contributed by atoms with Gasteiger partial charge in [-0.1, -0.05) is 19.9 Å². The van der Waals surface area contributed by atoms with Gasteiger partial charge in [0.15, 0.2) is 0 Å². The molecule has 1 unspecified atom stereocenters. The Labute approximate surface area is 109 Å². The number of rotatable bonds is 4. The molecule has 1 fully saturated rings. The van der Waals surface area contributed by atoms with Crippen LogP contribution in [-0.4, -0.2) is 18.3 Å². The SMILES string of the molecule is COc1ccc(CNC2CCC(C)(C)C2)c(O)c1. The van der Waals surface area contributed by atoms with Crippen molar-refractivity contribution in [1.29, 1.82) is 0 Å². The van der Waals surface area contributed by atoms with E-state index in [0.717, 1.165) is 12.1 Å². The van der Waals surface area contributed by atoms with Crippen LogP contribution in [-0.2, 0) is 6.54 Å². The molecule has 0 amide bonds. The number of benzene rings is 1. The molecule has 100 valence electrons. The van der Waals surface area contributed by atoms with E-state index in [1.54, 1.807) is 13.2 Å². The van der Waals surface area contributed by atoms with E-state index >= 15 is 0 Å². The lowest BCUT2D eigenvalue weighted by Gasteiger charge is -2.18. The molecule has 18 heavy (non-hydrogen) atoms. The summed E-state index contributed by atoms with van der Waals surface area (Å²) in [6.07, 6.45) is 3.72. The first-order valence-electron chi connectivity index (χ1n) is 6.59. The molecule has 0 heterocycles. The Hall–Kier alpha value is -1.22. The van der Waals surface area contributed by atoms with Gasteiger partial charge in [0, 0.05) is 24.2 Å². The lowest BCUT2D eigenvalue weighted by molar-refractivity contribution is 0.363. The lowest BCUT2D eigenvalue weighted by atomic mass is 9.92. The summed E-state index contributed by atoms with van der Waals surface area (Å²) in [7, 11) is 1.60. The van der Waals surface area contributed by atoms with Crippen LogP contribution < -0.4 is 10.1 Å². The molecule has 1 atom stereocenters. The van der Waals surface area contributed by atoms with Gasteiger partial charge in [-0.05, 0) is 30.7 Å². The maximum Gasteiger partial charge on any atom is 0.123 e. The van der Waals surface area contributed by atoms with Gasteiger partial charge in [0.25, 0.3) is 0 Å². The Morgan fingerprint density at radius 3 is 2.78 bits per heavy atom. The zero-order chi connectivity index (χ0) is 13.2. The van der Waals surface area contributed by atoms with Gasteiger partial charge in [0.1, 0.15) is 11.5 Å². The smallest absolute Gasteiger partial charge is 0.123 e. The van der Waals surface area contributed by atoms with Crippen molar-refractivity contribution in [2.24, 2.45) is 5.41 Å². The monoisotopic (exact) mass is 249 g/mol. The van der Waals surface area contributed by atoms with Crippen molar-refractivity contribution in [3.05, 3.63) is 23.8 Å². The normalized spacial score (nSPS) is 22.1. The first-order valence-corrected chi connectivity index (χ1v) is 6.59. The van der Waals surface area contributed by atoms with E-state index < -0.39 is 0 Å². The molecule has 0 aromatic heterocycles. The summed E-state index contributed by atoms with van der Waals surface area (Å²) in [5, 5.41) is 13.4. The number of aromatic hydroxyl groups is 1. The quantitative estimate of drug-likeness (QED) is 0.861. The van der Waals surface area contributed by atoms with E-state index in [2.05, 4.69) is 19.2 Å². The largest absolute Gasteiger partial charge is 0.507 e. The van der Waals surface area contributed by atoms with Gasteiger partial charge in [-0.2, -0.15) is 0 Å². The maximum absolute atomic E-state index is 9.88. The first kappa shape index (κ1) is 13.2. The second-order valence-electron chi connectivity index (χ2n) is 5.98. The van der Waals surface area contributed by atoms with Crippen molar-refractivity contribution in [3.8, 4) is 11.5 Å². The van der Waals surface area contributed by atoms with Crippen molar-refractivity contribution in [3.63, 3.8) is 0 Å². The van der Waals surface area contributed by atoms with Crippen LogP contribution in [0.15, 0.2) is 18.2 Å². The summed E-state index contributed by atoms with van der Waals surface area (Å²) in [5.41, 5.74) is 1.39. The van der Waals surface area contributed by atoms with Gasteiger partial charge in [0.2, 0.25) is 0 Å². The van der Waals surface area contributed by atoms with Crippen LogP contribution in [0, 0.1) is 5.41 Å². The molecule has 2 N–H and O–H groups in total. The van der Waals surface area contributed by atoms with Gasteiger partial charge in [-0.3, -0.25) is 0 Å². The molecule has 1 saturated carbocycles. The van der Waals surface area contributed by atoms with E-state index in [1.165, 1.54) is 19.3 Å². The van der Waals surface area contributed by atoms with E-state index in [1.807, 2.05) is 12.1 Å². The average Bonchev–Trinajstić information content (AvgIpc) is 2.67. The van der Waals surface area contributed by atoms with E-state index in [0.29, 0.717) is 23.0 Å². The van der Waals surface area contributed by atoms with Crippen molar-refractivity contribution in [2.75, 3.05) is 7.11 Å². The first-order chi connectivity index (χ1) is 8.50. The number of nitrogens with one attached hydrogen (secondary N) is 1. The molecular formula is C15H23NO2. The number of ether oxygens (including phenoxy) is 1. The summed E-state index contributed by atoms with van der Waals surface area (Å²) in [6, 6.07) is 6.04. The second-order valence-corrected chi connectivity index (χ2v) is 5.98. The topological polar surface area (TPSA) is 41.5 Å². The van der Waals surface area contributed by atoms with Crippen LogP contribution in [0.2, 0.25) is 0 Å². The number of hydrogen-bond donors (Lipinski definition) is 2. The molecule has 0 saturated heterocycles. The molecule has 3 heteroatoms. The molecule has 1 aliphatic carbocycles. The predicted octanol–water partition coefficient (Wildman–Crippen LogP) is 3.07. The minimum Gasteiger partial charge on any atom is -0.507 e. The molecule has 0 spiro atoms. The average molecular weight is 249 g/mol. The van der Waals surface area contributed by atoms with E-state index in [4.69, 9.17) is 4.74 Å². The number of hydrogen-bond acceptors (Lipinski definition) is 3. The van der Waals surface area contributed by atoms with E-state index in [9.17, 15) is 5.11 Å². The molecule has 0 bridgehead atoms. The van der Waals surface area contributed by atoms with Crippen molar-refractivity contribution >= 4 is 0 Å². The summed E-state index contributed by atoms with van der Waals surface area (Å²) in [4.78, 5) is 0. The Balaban J connectivity index is 1.91. The van der Waals surface area contributed by atoms with Crippen molar-refractivity contribution in [1.82, 2.24) is 5.32 Å². The summed E-state index contributed by atoms with van der Waals surface area (Å²) in [5.74, 6) is 0.998. The van der Waals surface area contributed by atoms with Crippen LogP contribution in [0.1, 0.15) is 38.7 Å². The number of methoxy groups -OCH3 is 1. The highest BCUT2D eigenvalue weighted by atomic mass is 16.5. The molecule has 0 radical (unpaired) electrons. The summed E-state index contributed by atoms with van der Waals surface area (Å²) >= 11 is 0. The van der Waals surface area contributed by atoms with Crippen molar-refractivity contribution in [2.45, 2.75) is 45.7 Å². The Kier molecular flexibility index (Phi) is 3.81. The molecule has 1 aromatic carbocycles. The van der Waals surface area contributed by atoms with Crippen LogP contribution in [0.4, 0.5) is 0 Å². The number of phenolic OH excluding ortho intramolecular Hbond substituents is 1. The highest BCUT2D eigenvalue weighted by Gasteiger charge is 2.30.